The van der Waals surface area contributed by atoms with E-state index in [1.165, 1.54) is 12.1 Å². The molecule has 1 aromatic carbocycles. The fourth-order valence-corrected chi connectivity index (χ4v) is 4.51. The van der Waals surface area contributed by atoms with Gasteiger partial charge in [-0.25, -0.2) is 4.39 Å². The predicted octanol–water partition coefficient (Wildman–Crippen LogP) is 5.50. The predicted molar refractivity (Wildman–Crippen MR) is 78.8 cm³/mol. The number of thioether (sulfide) groups is 1. The van der Waals surface area contributed by atoms with Crippen molar-refractivity contribution in [3.8, 4) is 0 Å². The van der Waals surface area contributed by atoms with E-state index in [4.69, 9.17) is 0 Å². The van der Waals surface area contributed by atoms with Crippen molar-refractivity contribution in [1.29, 1.82) is 0 Å². The van der Waals surface area contributed by atoms with Gasteiger partial charge in [-0.05, 0) is 24.1 Å². The summed E-state index contributed by atoms with van der Waals surface area (Å²) in [6.07, 6.45) is 0.303. The summed E-state index contributed by atoms with van der Waals surface area (Å²) in [5.74, 6) is -0.440. The number of benzene rings is 1. The first-order valence-electron chi connectivity index (χ1n) is 5.42. The molecule has 0 aliphatic rings. The molecule has 0 bridgehead atoms. The molecular weight excluding hydrogens is 412 g/mol. The van der Waals surface area contributed by atoms with Gasteiger partial charge in [0.2, 0.25) is 0 Å². The Kier molecular flexibility index (Phi) is 6.66. The van der Waals surface area contributed by atoms with Crippen LogP contribution in [0.4, 0.5) is 17.6 Å². The van der Waals surface area contributed by atoms with E-state index < -0.39 is 10.9 Å². The molecule has 0 unspecified atom stereocenters. The van der Waals surface area contributed by atoms with Crippen molar-refractivity contribution in [2.45, 2.75) is 17.3 Å². The zero-order chi connectivity index (χ0) is 14.5. The largest absolute Gasteiger partial charge is 0.441 e. The number of alkyl halides is 5. The van der Waals surface area contributed by atoms with Crippen molar-refractivity contribution in [2.24, 2.45) is 0 Å². The summed E-state index contributed by atoms with van der Waals surface area (Å²) in [5.41, 5.74) is -4.07. The molecular formula is C12H12Br2F4S. The molecule has 0 heterocycles. The van der Waals surface area contributed by atoms with E-state index in [1.807, 2.05) is 0 Å². The topological polar surface area (TPSA) is 0 Å². The molecule has 0 atom stereocenters. The third-order valence-corrected chi connectivity index (χ3v) is 5.68. The van der Waals surface area contributed by atoms with Crippen LogP contribution < -0.4 is 0 Å². The van der Waals surface area contributed by atoms with E-state index in [0.717, 1.165) is 0 Å². The lowest BCUT2D eigenvalue weighted by Crippen LogP contribution is -2.31. The first-order valence-corrected chi connectivity index (χ1v) is 8.64. The SMILES string of the molecule is Fc1cccc(C(CBr)(CBr)CCSC(F)(F)F)c1. The van der Waals surface area contributed by atoms with Crippen molar-refractivity contribution in [2.75, 3.05) is 16.4 Å². The Morgan fingerprint density at radius 2 is 1.74 bits per heavy atom. The highest BCUT2D eigenvalue weighted by molar-refractivity contribution is 9.09. The summed E-state index contributed by atoms with van der Waals surface area (Å²) in [5, 5.41) is 0.931. The molecule has 0 aliphatic heterocycles. The number of hydrogen-bond donors (Lipinski definition) is 0. The average molecular weight is 424 g/mol. The van der Waals surface area contributed by atoms with Gasteiger partial charge >= 0.3 is 5.51 Å². The van der Waals surface area contributed by atoms with E-state index in [-0.39, 0.29) is 23.3 Å². The van der Waals surface area contributed by atoms with Gasteiger partial charge in [0, 0.05) is 21.8 Å². The van der Waals surface area contributed by atoms with Crippen molar-refractivity contribution < 1.29 is 17.6 Å². The maximum Gasteiger partial charge on any atom is 0.441 e. The van der Waals surface area contributed by atoms with Gasteiger partial charge in [0.05, 0.1) is 0 Å². The lowest BCUT2D eigenvalue weighted by atomic mass is 9.82. The Bertz CT molecular complexity index is 405. The summed E-state index contributed by atoms with van der Waals surface area (Å²) in [6, 6.07) is 6.01. The van der Waals surface area contributed by atoms with Gasteiger partial charge < -0.3 is 0 Å². The monoisotopic (exact) mass is 422 g/mol. The van der Waals surface area contributed by atoms with Crippen molar-refractivity contribution in [3.63, 3.8) is 0 Å². The first kappa shape index (κ1) is 17.3. The van der Waals surface area contributed by atoms with Gasteiger partial charge in [-0.3, -0.25) is 0 Å². The normalized spacial score (nSPS) is 12.7. The molecule has 0 fully saturated rings. The molecule has 0 saturated heterocycles. The van der Waals surface area contributed by atoms with Crippen LogP contribution in [0.2, 0.25) is 0 Å². The van der Waals surface area contributed by atoms with Crippen LogP contribution >= 0.6 is 43.6 Å². The Morgan fingerprint density at radius 3 is 2.21 bits per heavy atom. The van der Waals surface area contributed by atoms with E-state index in [1.54, 1.807) is 12.1 Å². The molecule has 0 aliphatic carbocycles. The fourth-order valence-electron chi connectivity index (χ4n) is 1.65. The number of halogens is 6. The molecule has 0 spiro atoms. The molecule has 0 radical (unpaired) electrons. The molecule has 7 heteroatoms. The van der Waals surface area contributed by atoms with E-state index in [9.17, 15) is 17.6 Å². The quantitative estimate of drug-likeness (QED) is 0.430. The summed E-state index contributed by atoms with van der Waals surface area (Å²) >= 11 is 6.62. The first-order chi connectivity index (χ1) is 8.83. The third kappa shape index (κ3) is 5.27. The Labute approximate surface area is 130 Å². The molecule has 1 aromatic rings. The second kappa shape index (κ2) is 7.31. The summed E-state index contributed by atoms with van der Waals surface area (Å²) in [7, 11) is 0. The van der Waals surface area contributed by atoms with Crippen molar-refractivity contribution in [3.05, 3.63) is 35.6 Å². The summed E-state index contributed by atoms with van der Waals surface area (Å²) in [6.45, 7) is 0. The van der Waals surface area contributed by atoms with Gasteiger partial charge in [-0.15, -0.1) is 0 Å². The van der Waals surface area contributed by atoms with Crippen LogP contribution in [-0.2, 0) is 5.41 Å². The van der Waals surface area contributed by atoms with Crippen LogP contribution in [0.5, 0.6) is 0 Å². The maximum absolute atomic E-state index is 13.3. The summed E-state index contributed by atoms with van der Waals surface area (Å²) in [4.78, 5) is 0. The van der Waals surface area contributed by atoms with Crippen LogP contribution in [0.3, 0.4) is 0 Å². The van der Waals surface area contributed by atoms with Crippen molar-refractivity contribution >= 4 is 43.6 Å². The highest BCUT2D eigenvalue weighted by atomic mass is 79.9. The van der Waals surface area contributed by atoms with Crippen LogP contribution in [0, 0.1) is 5.82 Å². The molecule has 19 heavy (non-hydrogen) atoms. The van der Waals surface area contributed by atoms with Gasteiger partial charge in [0.25, 0.3) is 0 Å². The van der Waals surface area contributed by atoms with Gasteiger partial charge in [-0.1, -0.05) is 55.8 Å². The average Bonchev–Trinajstić information content (AvgIpc) is 2.34. The third-order valence-electron chi connectivity index (χ3n) is 2.79. The van der Waals surface area contributed by atoms with Crippen LogP contribution in [0.25, 0.3) is 0 Å². The van der Waals surface area contributed by atoms with Gasteiger partial charge in [0.1, 0.15) is 5.82 Å². The zero-order valence-corrected chi connectivity index (χ0v) is 13.8. The molecule has 0 nitrogen and oxygen atoms in total. The standard InChI is InChI=1S/C12H12Br2F4S/c13-7-11(8-14,4-5-19-12(16,17)18)9-2-1-3-10(15)6-9/h1-3,6H,4-5,7-8H2. The van der Waals surface area contributed by atoms with Crippen LogP contribution in [-0.4, -0.2) is 21.9 Å². The van der Waals surface area contributed by atoms with Crippen molar-refractivity contribution in [1.82, 2.24) is 0 Å². The van der Waals surface area contributed by atoms with E-state index in [0.29, 0.717) is 22.6 Å². The maximum atomic E-state index is 13.3. The number of hydrogen-bond acceptors (Lipinski definition) is 1. The molecule has 0 N–H and O–H groups in total. The Hall–Kier alpha value is 0.250. The highest BCUT2D eigenvalue weighted by Gasteiger charge is 2.34. The molecule has 0 saturated carbocycles. The van der Waals surface area contributed by atoms with Crippen LogP contribution in [0.15, 0.2) is 24.3 Å². The molecule has 0 aromatic heterocycles. The highest BCUT2D eigenvalue weighted by Crippen LogP contribution is 2.37. The molecule has 0 amide bonds. The molecule has 108 valence electrons. The minimum Gasteiger partial charge on any atom is -0.207 e. The zero-order valence-electron chi connectivity index (χ0n) is 9.81. The van der Waals surface area contributed by atoms with Crippen LogP contribution in [0.1, 0.15) is 12.0 Å². The minimum absolute atomic E-state index is 0.0454. The summed E-state index contributed by atoms with van der Waals surface area (Å²) < 4.78 is 49.8. The van der Waals surface area contributed by atoms with E-state index >= 15 is 0 Å². The second-order valence-corrected chi connectivity index (χ2v) is 6.38. The lowest BCUT2D eigenvalue weighted by molar-refractivity contribution is -0.0328. The van der Waals surface area contributed by atoms with E-state index in [2.05, 4.69) is 31.9 Å². The molecule has 1 rings (SSSR count). The number of rotatable bonds is 6. The second-order valence-electron chi connectivity index (χ2n) is 4.10. The smallest absolute Gasteiger partial charge is 0.207 e. The Balaban J connectivity index is 2.85. The lowest BCUT2D eigenvalue weighted by Gasteiger charge is -2.30. The minimum atomic E-state index is -4.23. The van der Waals surface area contributed by atoms with Gasteiger partial charge in [-0.2, -0.15) is 13.2 Å². The fraction of sp³-hybridized carbons (Fsp3) is 0.500. The Morgan fingerprint density at radius 1 is 1.11 bits per heavy atom. The van der Waals surface area contributed by atoms with Gasteiger partial charge in [0.15, 0.2) is 0 Å².